The van der Waals surface area contributed by atoms with Crippen molar-refractivity contribution in [1.29, 1.82) is 0 Å². The molecular weight excluding hydrogens is 400 g/mol. The number of carboxylic acid groups (broad SMARTS) is 1. The van der Waals surface area contributed by atoms with Crippen LogP contribution in [0, 0.1) is 0 Å². The predicted octanol–water partition coefficient (Wildman–Crippen LogP) is 3.52. The number of nitrogens with zero attached hydrogens (tertiary/aromatic N) is 1. The summed E-state index contributed by atoms with van der Waals surface area (Å²) in [6.07, 6.45) is 0. The van der Waals surface area contributed by atoms with Gasteiger partial charge in [-0.2, -0.15) is 0 Å². The largest absolute Gasteiger partial charge is 0.497 e. The summed E-state index contributed by atoms with van der Waals surface area (Å²) in [4.78, 5) is 27.5. The summed E-state index contributed by atoms with van der Waals surface area (Å²) < 4.78 is 16.7. The molecule has 2 aromatic rings. The van der Waals surface area contributed by atoms with Gasteiger partial charge in [0.1, 0.15) is 11.5 Å². The Morgan fingerprint density at radius 1 is 1.13 bits per heavy atom. The lowest BCUT2D eigenvalue weighted by Crippen LogP contribution is -2.58. The van der Waals surface area contributed by atoms with Crippen molar-refractivity contribution in [1.82, 2.24) is 10.2 Å². The minimum absolute atomic E-state index is 0.00304. The van der Waals surface area contributed by atoms with E-state index in [9.17, 15) is 14.7 Å². The first-order valence-electron chi connectivity index (χ1n) is 9.90. The number of amides is 2. The smallest absolute Gasteiger partial charge is 0.362 e. The number of carbonyl (C=O) groups is 2. The summed E-state index contributed by atoms with van der Waals surface area (Å²) in [6, 6.07) is 12.8. The molecule has 1 aliphatic heterocycles. The van der Waals surface area contributed by atoms with Crippen LogP contribution in [0.25, 0.3) is 0 Å². The van der Waals surface area contributed by atoms with E-state index >= 15 is 0 Å². The van der Waals surface area contributed by atoms with Crippen molar-refractivity contribution in [2.75, 3.05) is 20.8 Å². The number of carbonyl (C=O) groups excluding carboxylic acids is 1. The van der Waals surface area contributed by atoms with Crippen LogP contribution in [0.1, 0.15) is 37.9 Å². The summed E-state index contributed by atoms with van der Waals surface area (Å²) in [5.41, 5.74) is -1.71. The van der Waals surface area contributed by atoms with Crippen LogP contribution in [0.15, 0.2) is 48.5 Å². The Bertz CT molecular complexity index is 956. The van der Waals surface area contributed by atoms with Gasteiger partial charge in [-0.25, -0.2) is 9.59 Å². The maximum absolute atomic E-state index is 13.5. The number of urea groups is 1. The SMILES string of the molecule is COc1ccc([C@@]2(C(=O)O)OCC(c3ccccc3)N2C(=O)NC(C)(C)C)c(OC)c1. The Morgan fingerprint density at radius 3 is 2.35 bits per heavy atom. The fourth-order valence-electron chi connectivity index (χ4n) is 3.72. The molecule has 0 bridgehead atoms. The van der Waals surface area contributed by atoms with Gasteiger partial charge in [0.25, 0.3) is 5.72 Å². The van der Waals surface area contributed by atoms with Crippen LogP contribution in [-0.2, 0) is 15.3 Å². The molecule has 0 aromatic heterocycles. The van der Waals surface area contributed by atoms with Crippen molar-refractivity contribution in [3.05, 3.63) is 59.7 Å². The number of hydrogen-bond donors (Lipinski definition) is 2. The van der Waals surface area contributed by atoms with Crippen molar-refractivity contribution >= 4 is 12.0 Å². The molecule has 1 heterocycles. The Hall–Kier alpha value is -3.26. The van der Waals surface area contributed by atoms with Crippen molar-refractivity contribution in [2.24, 2.45) is 0 Å². The number of rotatable bonds is 5. The maximum atomic E-state index is 13.5. The molecule has 2 atom stereocenters. The standard InChI is InChI=1S/C23H28N2O6/c1-22(2,3)24-21(28)25-18(15-9-7-6-8-10-15)14-31-23(25,20(26)27)17-12-11-16(29-4)13-19(17)30-5/h6-13,18H,14H2,1-5H3,(H,24,28)(H,26,27)/t18?,23-/m0/s1. The van der Waals surface area contributed by atoms with Gasteiger partial charge in [0.2, 0.25) is 0 Å². The molecule has 0 aliphatic carbocycles. The zero-order chi connectivity index (χ0) is 22.8. The van der Waals surface area contributed by atoms with Crippen molar-refractivity contribution < 1.29 is 28.9 Å². The molecule has 8 nitrogen and oxygen atoms in total. The Balaban J connectivity index is 2.22. The van der Waals surface area contributed by atoms with Gasteiger partial charge in [0.05, 0.1) is 32.4 Å². The molecular formula is C23H28N2O6. The van der Waals surface area contributed by atoms with Gasteiger partial charge in [-0.3, -0.25) is 4.90 Å². The third kappa shape index (κ3) is 4.16. The first kappa shape index (κ1) is 22.4. The second kappa shape index (κ2) is 8.47. The summed E-state index contributed by atoms with van der Waals surface area (Å²) >= 11 is 0. The quantitative estimate of drug-likeness (QED) is 0.756. The van der Waals surface area contributed by atoms with E-state index in [1.54, 1.807) is 18.2 Å². The van der Waals surface area contributed by atoms with Gasteiger partial charge in [0, 0.05) is 11.6 Å². The summed E-state index contributed by atoms with van der Waals surface area (Å²) in [5.74, 6) is -0.591. The zero-order valence-corrected chi connectivity index (χ0v) is 18.3. The van der Waals surface area contributed by atoms with E-state index < -0.39 is 29.3 Å². The number of nitrogens with one attached hydrogen (secondary N) is 1. The topological polar surface area (TPSA) is 97.3 Å². The molecule has 1 unspecified atom stereocenters. The first-order valence-corrected chi connectivity index (χ1v) is 9.90. The molecule has 3 rings (SSSR count). The fraction of sp³-hybridized carbons (Fsp3) is 0.391. The van der Waals surface area contributed by atoms with Crippen LogP contribution in [0.5, 0.6) is 11.5 Å². The molecule has 2 N–H and O–H groups in total. The highest BCUT2D eigenvalue weighted by Gasteiger charge is 2.59. The van der Waals surface area contributed by atoms with E-state index in [0.29, 0.717) is 5.75 Å². The number of ether oxygens (including phenoxy) is 3. The molecule has 2 amide bonds. The minimum atomic E-state index is -2.09. The van der Waals surface area contributed by atoms with Crippen molar-refractivity contribution in [3.63, 3.8) is 0 Å². The first-order chi connectivity index (χ1) is 14.6. The van der Waals surface area contributed by atoms with Crippen LogP contribution in [-0.4, -0.2) is 48.4 Å². The summed E-state index contributed by atoms with van der Waals surface area (Å²) in [7, 11) is 2.93. The average Bonchev–Trinajstić information content (AvgIpc) is 3.14. The highest BCUT2D eigenvalue weighted by Crippen LogP contribution is 2.47. The third-order valence-electron chi connectivity index (χ3n) is 5.05. The van der Waals surface area contributed by atoms with Gasteiger partial charge in [-0.1, -0.05) is 30.3 Å². The van der Waals surface area contributed by atoms with Gasteiger partial charge in [-0.05, 0) is 38.5 Å². The zero-order valence-electron chi connectivity index (χ0n) is 18.3. The molecule has 1 fully saturated rings. The van der Waals surface area contributed by atoms with E-state index in [2.05, 4.69) is 5.32 Å². The fourth-order valence-corrected chi connectivity index (χ4v) is 3.72. The van der Waals surface area contributed by atoms with Gasteiger partial charge in [0.15, 0.2) is 0 Å². The van der Waals surface area contributed by atoms with Crippen LogP contribution < -0.4 is 14.8 Å². The monoisotopic (exact) mass is 428 g/mol. The molecule has 0 spiro atoms. The lowest BCUT2D eigenvalue weighted by Gasteiger charge is -2.38. The Labute approximate surface area is 181 Å². The van der Waals surface area contributed by atoms with E-state index in [0.717, 1.165) is 5.56 Å². The highest BCUT2D eigenvalue weighted by molar-refractivity contribution is 5.88. The minimum Gasteiger partial charge on any atom is -0.497 e. The maximum Gasteiger partial charge on any atom is 0.362 e. The van der Waals surface area contributed by atoms with Gasteiger partial charge >= 0.3 is 12.0 Å². The van der Waals surface area contributed by atoms with E-state index in [4.69, 9.17) is 14.2 Å². The normalized spacial score (nSPS) is 20.9. The second-order valence-electron chi connectivity index (χ2n) is 8.30. The molecule has 2 aromatic carbocycles. The molecule has 1 aliphatic rings. The van der Waals surface area contributed by atoms with Crippen LogP contribution >= 0.6 is 0 Å². The van der Waals surface area contributed by atoms with Gasteiger partial charge in [-0.15, -0.1) is 0 Å². The Kier molecular flexibility index (Phi) is 6.13. The molecule has 31 heavy (non-hydrogen) atoms. The molecule has 0 saturated carbocycles. The van der Waals surface area contributed by atoms with E-state index in [-0.39, 0.29) is 17.9 Å². The van der Waals surface area contributed by atoms with Crippen molar-refractivity contribution in [3.8, 4) is 11.5 Å². The van der Waals surface area contributed by atoms with Crippen molar-refractivity contribution in [2.45, 2.75) is 38.1 Å². The molecule has 8 heteroatoms. The number of benzene rings is 2. The second-order valence-corrected chi connectivity index (χ2v) is 8.30. The summed E-state index contributed by atoms with van der Waals surface area (Å²) in [5, 5.41) is 13.3. The number of methoxy groups -OCH3 is 2. The van der Waals surface area contributed by atoms with E-state index in [1.165, 1.54) is 19.1 Å². The number of hydrogen-bond acceptors (Lipinski definition) is 5. The molecule has 166 valence electrons. The van der Waals surface area contributed by atoms with Crippen LogP contribution in [0.4, 0.5) is 4.79 Å². The lowest BCUT2D eigenvalue weighted by molar-refractivity contribution is -0.175. The van der Waals surface area contributed by atoms with Gasteiger partial charge < -0.3 is 24.6 Å². The highest BCUT2D eigenvalue weighted by atomic mass is 16.6. The predicted molar refractivity (Wildman–Crippen MR) is 114 cm³/mol. The van der Waals surface area contributed by atoms with E-state index in [1.807, 2.05) is 51.1 Å². The number of aliphatic carboxylic acids is 1. The lowest BCUT2D eigenvalue weighted by atomic mass is 9.97. The Morgan fingerprint density at radius 2 is 1.81 bits per heavy atom. The third-order valence-corrected chi connectivity index (χ3v) is 5.05. The molecule has 0 radical (unpaired) electrons. The molecule has 1 saturated heterocycles. The summed E-state index contributed by atoms with van der Waals surface area (Å²) in [6.45, 7) is 5.49. The van der Waals surface area contributed by atoms with Crippen LogP contribution in [0.3, 0.4) is 0 Å². The average molecular weight is 428 g/mol. The van der Waals surface area contributed by atoms with Crippen LogP contribution in [0.2, 0.25) is 0 Å². The number of carboxylic acids is 1.